The van der Waals surface area contributed by atoms with Crippen LogP contribution in [0.5, 0.6) is 0 Å². The first kappa shape index (κ1) is 11.4. The maximum atomic E-state index is 10.7. The molecule has 0 saturated heterocycles. The lowest BCUT2D eigenvalue weighted by atomic mass is 10.1. The van der Waals surface area contributed by atoms with Crippen molar-refractivity contribution in [1.82, 2.24) is 0 Å². The van der Waals surface area contributed by atoms with Crippen molar-refractivity contribution in [3.05, 3.63) is 40.8 Å². The molecule has 0 bridgehead atoms. The molecule has 0 aliphatic carbocycles. The van der Waals surface area contributed by atoms with Crippen LogP contribution in [0.2, 0.25) is 0 Å². The second kappa shape index (κ2) is 4.24. The van der Waals surface area contributed by atoms with Crippen molar-refractivity contribution in [2.45, 2.75) is 0 Å². The highest BCUT2D eigenvalue weighted by Gasteiger charge is 2.06. The van der Waals surface area contributed by atoms with Crippen LogP contribution in [0.15, 0.2) is 29.7 Å². The van der Waals surface area contributed by atoms with Gasteiger partial charge in [-0.15, -0.1) is 0 Å². The number of rotatable bonds is 3. The molecule has 0 radical (unpaired) electrons. The summed E-state index contributed by atoms with van der Waals surface area (Å²) in [5.41, 5.74) is 0.181. The van der Waals surface area contributed by atoms with Crippen molar-refractivity contribution in [3.63, 3.8) is 0 Å². The maximum Gasteiger partial charge on any atom is 0.336 e. The molecule has 0 saturated carbocycles. The fraction of sp³-hybridized carbons (Fsp3) is 0. The van der Waals surface area contributed by atoms with Gasteiger partial charge in [-0.1, -0.05) is 18.2 Å². The van der Waals surface area contributed by atoms with E-state index in [4.69, 9.17) is 9.66 Å². The SMILES string of the molecule is O=C(O)c1ccccc1C=CS(=O)(=O)O. The zero-order valence-corrected chi connectivity index (χ0v) is 8.31. The van der Waals surface area contributed by atoms with E-state index in [0.717, 1.165) is 6.08 Å². The Morgan fingerprint density at radius 2 is 1.87 bits per heavy atom. The molecule has 0 fully saturated rings. The molecule has 80 valence electrons. The van der Waals surface area contributed by atoms with E-state index < -0.39 is 16.1 Å². The van der Waals surface area contributed by atoms with Crippen LogP contribution in [0, 0.1) is 0 Å². The van der Waals surface area contributed by atoms with Crippen molar-refractivity contribution in [3.8, 4) is 0 Å². The van der Waals surface area contributed by atoms with Gasteiger partial charge in [-0.3, -0.25) is 4.55 Å². The quantitative estimate of drug-likeness (QED) is 0.759. The van der Waals surface area contributed by atoms with Crippen LogP contribution in [-0.2, 0) is 10.1 Å². The van der Waals surface area contributed by atoms with Crippen LogP contribution in [0.25, 0.3) is 6.08 Å². The van der Waals surface area contributed by atoms with Crippen molar-refractivity contribution < 1.29 is 22.9 Å². The number of hydrogen-bond acceptors (Lipinski definition) is 3. The summed E-state index contributed by atoms with van der Waals surface area (Å²) in [6, 6.07) is 5.86. The molecule has 1 aromatic carbocycles. The average molecular weight is 228 g/mol. The van der Waals surface area contributed by atoms with E-state index in [0.29, 0.717) is 5.41 Å². The highest BCUT2D eigenvalue weighted by atomic mass is 32.2. The van der Waals surface area contributed by atoms with E-state index in [1.165, 1.54) is 18.2 Å². The molecular weight excluding hydrogens is 220 g/mol. The van der Waals surface area contributed by atoms with E-state index in [2.05, 4.69) is 0 Å². The van der Waals surface area contributed by atoms with Gasteiger partial charge in [0.25, 0.3) is 10.1 Å². The van der Waals surface area contributed by atoms with Gasteiger partial charge in [0.2, 0.25) is 0 Å². The predicted molar refractivity (Wildman–Crippen MR) is 54.0 cm³/mol. The van der Waals surface area contributed by atoms with E-state index in [9.17, 15) is 13.2 Å². The number of benzene rings is 1. The Labute approximate surface area is 86.4 Å². The van der Waals surface area contributed by atoms with Gasteiger partial charge in [-0.25, -0.2) is 4.79 Å². The van der Waals surface area contributed by atoms with Gasteiger partial charge in [-0.05, 0) is 17.7 Å². The second-order valence-electron chi connectivity index (χ2n) is 2.71. The Morgan fingerprint density at radius 1 is 1.27 bits per heavy atom. The first-order chi connectivity index (χ1) is 6.90. The fourth-order valence-electron chi connectivity index (χ4n) is 0.996. The van der Waals surface area contributed by atoms with Crippen molar-refractivity contribution in [2.24, 2.45) is 0 Å². The summed E-state index contributed by atoms with van der Waals surface area (Å²) in [7, 11) is -4.24. The minimum atomic E-state index is -4.24. The van der Waals surface area contributed by atoms with Crippen LogP contribution in [0.4, 0.5) is 0 Å². The van der Waals surface area contributed by atoms with Gasteiger partial charge in [0.15, 0.2) is 0 Å². The molecule has 0 amide bonds. The average Bonchev–Trinajstić information content (AvgIpc) is 2.14. The fourth-order valence-corrected chi connectivity index (χ4v) is 1.31. The number of aromatic carboxylic acids is 1. The van der Waals surface area contributed by atoms with Gasteiger partial charge in [-0.2, -0.15) is 8.42 Å². The number of hydrogen-bond donors (Lipinski definition) is 2. The first-order valence-electron chi connectivity index (χ1n) is 3.88. The molecule has 0 atom stereocenters. The number of carbonyl (C=O) groups is 1. The Bertz CT molecular complexity index is 501. The lowest BCUT2D eigenvalue weighted by Crippen LogP contribution is -1.99. The smallest absolute Gasteiger partial charge is 0.336 e. The molecule has 0 unspecified atom stereocenters. The lowest BCUT2D eigenvalue weighted by Gasteiger charge is -1.98. The summed E-state index contributed by atoms with van der Waals surface area (Å²) in [5.74, 6) is -1.16. The normalized spacial score (nSPS) is 11.8. The monoisotopic (exact) mass is 228 g/mol. The molecule has 15 heavy (non-hydrogen) atoms. The lowest BCUT2D eigenvalue weighted by molar-refractivity contribution is 0.0696. The van der Waals surface area contributed by atoms with Gasteiger partial charge in [0.05, 0.1) is 11.0 Å². The van der Waals surface area contributed by atoms with Gasteiger partial charge in [0, 0.05) is 0 Å². The summed E-state index contributed by atoms with van der Waals surface area (Å²) >= 11 is 0. The van der Waals surface area contributed by atoms with Crippen molar-refractivity contribution >= 4 is 22.2 Å². The molecule has 6 heteroatoms. The molecule has 0 aliphatic rings. The van der Waals surface area contributed by atoms with Crippen LogP contribution >= 0.6 is 0 Å². The Morgan fingerprint density at radius 3 is 2.40 bits per heavy atom. The molecule has 0 heterocycles. The van der Waals surface area contributed by atoms with Gasteiger partial charge >= 0.3 is 5.97 Å². The molecule has 0 aromatic heterocycles. The van der Waals surface area contributed by atoms with Gasteiger partial charge in [0.1, 0.15) is 0 Å². The van der Waals surface area contributed by atoms with Crippen LogP contribution in [0.3, 0.4) is 0 Å². The highest BCUT2D eigenvalue weighted by Crippen LogP contribution is 2.11. The summed E-state index contributed by atoms with van der Waals surface area (Å²) in [6.45, 7) is 0. The Balaban J connectivity index is 3.16. The minimum Gasteiger partial charge on any atom is -0.478 e. The van der Waals surface area contributed by atoms with E-state index in [-0.39, 0.29) is 11.1 Å². The third-order valence-electron chi connectivity index (χ3n) is 1.61. The Kier molecular flexibility index (Phi) is 3.23. The number of carboxylic acids is 1. The molecular formula is C9H8O5S. The molecule has 1 rings (SSSR count). The van der Waals surface area contributed by atoms with Crippen LogP contribution in [0.1, 0.15) is 15.9 Å². The van der Waals surface area contributed by atoms with E-state index in [1.807, 2.05) is 0 Å². The summed E-state index contributed by atoms with van der Waals surface area (Å²) in [6.07, 6.45) is 1.03. The highest BCUT2D eigenvalue weighted by molar-refractivity contribution is 7.88. The molecule has 0 spiro atoms. The predicted octanol–water partition coefficient (Wildman–Crippen LogP) is 1.24. The zero-order valence-electron chi connectivity index (χ0n) is 7.49. The van der Waals surface area contributed by atoms with Crippen molar-refractivity contribution in [2.75, 3.05) is 0 Å². The van der Waals surface area contributed by atoms with Gasteiger partial charge < -0.3 is 5.11 Å². The molecule has 1 aromatic rings. The largest absolute Gasteiger partial charge is 0.478 e. The van der Waals surface area contributed by atoms with Crippen molar-refractivity contribution in [1.29, 1.82) is 0 Å². The van der Waals surface area contributed by atoms with Crippen LogP contribution < -0.4 is 0 Å². The van der Waals surface area contributed by atoms with E-state index >= 15 is 0 Å². The summed E-state index contributed by atoms with van der Waals surface area (Å²) < 4.78 is 29.3. The Hall–Kier alpha value is -1.66. The maximum absolute atomic E-state index is 10.7. The second-order valence-corrected chi connectivity index (χ2v) is 4.01. The zero-order chi connectivity index (χ0) is 11.5. The first-order valence-corrected chi connectivity index (χ1v) is 5.38. The summed E-state index contributed by atoms with van der Waals surface area (Å²) in [4.78, 5) is 10.7. The topological polar surface area (TPSA) is 91.7 Å². The molecule has 0 aliphatic heterocycles. The van der Waals surface area contributed by atoms with E-state index in [1.54, 1.807) is 6.07 Å². The number of carboxylic acid groups (broad SMARTS) is 1. The third kappa shape index (κ3) is 3.53. The third-order valence-corrected chi connectivity index (χ3v) is 2.09. The summed E-state index contributed by atoms with van der Waals surface area (Å²) in [5, 5.41) is 9.29. The standard InChI is InChI=1S/C9H8O5S/c10-9(11)8-4-2-1-3-7(8)5-6-15(12,13)14/h1-6H,(H,10,11)(H,12,13,14). The minimum absolute atomic E-state index is 0.0302. The molecule has 2 N–H and O–H groups in total. The molecule has 5 nitrogen and oxygen atoms in total. The van der Waals surface area contributed by atoms with Crippen LogP contribution in [-0.4, -0.2) is 24.0 Å².